The predicted molar refractivity (Wildman–Crippen MR) is 110 cm³/mol. The number of hydroxylamine groups is 1. The maximum Gasteiger partial charge on any atom is 0.287 e. The number of hydrogen-bond acceptors (Lipinski definition) is 3. The van der Waals surface area contributed by atoms with Crippen molar-refractivity contribution in [1.82, 2.24) is 9.97 Å². The van der Waals surface area contributed by atoms with E-state index in [0.717, 1.165) is 21.9 Å². The van der Waals surface area contributed by atoms with Gasteiger partial charge in [-0.25, -0.2) is 0 Å². The third-order valence-electron chi connectivity index (χ3n) is 4.88. The number of amides is 1. The molecule has 0 aliphatic carbocycles. The van der Waals surface area contributed by atoms with Crippen LogP contribution in [0.5, 0.6) is 0 Å². The minimum absolute atomic E-state index is 0.118. The van der Waals surface area contributed by atoms with Gasteiger partial charge in [-0.2, -0.15) is 5.06 Å². The maximum absolute atomic E-state index is 13.0. The second kappa shape index (κ2) is 6.35. The highest BCUT2D eigenvalue weighted by atomic mass is 16.5. The summed E-state index contributed by atoms with van der Waals surface area (Å²) in [5.74, 6) is -0.775. The zero-order chi connectivity index (χ0) is 20.1. The van der Waals surface area contributed by atoms with E-state index in [4.69, 9.17) is 0 Å². The van der Waals surface area contributed by atoms with Crippen LogP contribution >= 0.6 is 0 Å². The third-order valence-corrected chi connectivity index (χ3v) is 4.88. The van der Waals surface area contributed by atoms with Crippen molar-refractivity contribution in [3.8, 4) is 0 Å². The zero-order valence-corrected chi connectivity index (χ0v) is 15.9. The number of hydrogen-bond donors (Lipinski definition) is 3. The van der Waals surface area contributed by atoms with Crippen LogP contribution in [0.15, 0.2) is 59.5 Å². The number of anilines is 1. The molecule has 0 saturated heterocycles. The molecule has 4 rings (SSSR count). The molecule has 2 aromatic carbocycles. The van der Waals surface area contributed by atoms with E-state index in [2.05, 4.69) is 9.97 Å². The summed E-state index contributed by atoms with van der Waals surface area (Å²) >= 11 is 0. The highest BCUT2D eigenvalue weighted by Crippen LogP contribution is 2.35. The minimum Gasteiger partial charge on any atom is -0.361 e. The Morgan fingerprint density at radius 3 is 2.46 bits per heavy atom. The molecule has 142 valence electrons. The van der Waals surface area contributed by atoms with Gasteiger partial charge in [-0.1, -0.05) is 39.0 Å². The van der Waals surface area contributed by atoms with E-state index in [1.807, 2.05) is 39.0 Å². The number of nitrogens with zero attached hydrogens (tertiary/aromatic N) is 1. The first-order chi connectivity index (χ1) is 13.3. The number of nitrogens with one attached hydrogen (secondary N) is 2. The molecule has 1 amide bonds. The van der Waals surface area contributed by atoms with Crippen LogP contribution in [0.25, 0.3) is 21.8 Å². The van der Waals surface area contributed by atoms with Gasteiger partial charge in [-0.15, -0.1) is 0 Å². The largest absolute Gasteiger partial charge is 0.361 e. The van der Waals surface area contributed by atoms with Gasteiger partial charge in [0, 0.05) is 17.2 Å². The fourth-order valence-electron chi connectivity index (χ4n) is 3.39. The van der Waals surface area contributed by atoms with Gasteiger partial charge in [0.05, 0.1) is 5.69 Å². The van der Waals surface area contributed by atoms with Gasteiger partial charge in [-0.3, -0.25) is 14.8 Å². The fourth-order valence-corrected chi connectivity index (χ4v) is 3.39. The van der Waals surface area contributed by atoms with Gasteiger partial charge in [0.25, 0.3) is 11.5 Å². The van der Waals surface area contributed by atoms with Crippen LogP contribution in [0, 0.1) is 0 Å². The topological polar surface area (TPSA) is 89.2 Å². The SMILES string of the molecule is CC(C)(C)c1cc2cc[nH]c2cc1N(O)C(=O)c1cc2ccccc2[nH]c1=O. The Labute approximate surface area is 161 Å². The summed E-state index contributed by atoms with van der Waals surface area (Å²) in [7, 11) is 0. The van der Waals surface area contributed by atoms with Crippen molar-refractivity contribution in [2.45, 2.75) is 26.2 Å². The molecule has 2 aromatic heterocycles. The molecule has 0 spiro atoms. The van der Waals surface area contributed by atoms with Crippen molar-refractivity contribution in [2.24, 2.45) is 0 Å². The van der Waals surface area contributed by atoms with Crippen LogP contribution in [0.4, 0.5) is 5.69 Å². The normalized spacial score (nSPS) is 11.9. The Morgan fingerprint density at radius 1 is 1.00 bits per heavy atom. The Kier molecular flexibility index (Phi) is 4.08. The van der Waals surface area contributed by atoms with Crippen LogP contribution in [0.2, 0.25) is 0 Å². The number of benzene rings is 2. The molecule has 0 saturated carbocycles. The van der Waals surface area contributed by atoms with Gasteiger partial charge in [0.2, 0.25) is 0 Å². The van der Waals surface area contributed by atoms with Gasteiger partial charge < -0.3 is 9.97 Å². The van der Waals surface area contributed by atoms with Crippen LogP contribution in [-0.2, 0) is 5.41 Å². The van der Waals surface area contributed by atoms with Crippen LogP contribution in [0.1, 0.15) is 36.7 Å². The van der Waals surface area contributed by atoms with E-state index in [0.29, 0.717) is 16.3 Å². The van der Waals surface area contributed by atoms with Crippen LogP contribution in [0.3, 0.4) is 0 Å². The summed E-state index contributed by atoms with van der Waals surface area (Å²) < 4.78 is 0. The van der Waals surface area contributed by atoms with E-state index in [-0.39, 0.29) is 11.0 Å². The summed E-state index contributed by atoms with van der Waals surface area (Å²) in [5.41, 5.74) is 1.60. The van der Waals surface area contributed by atoms with Crippen molar-refractivity contribution < 1.29 is 10.0 Å². The maximum atomic E-state index is 13.0. The molecule has 4 aromatic rings. The summed E-state index contributed by atoms with van der Waals surface area (Å²) in [5, 5.41) is 13.1. The average Bonchev–Trinajstić information content (AvgIpc) is 3.12. The molecule has 0 aliphatic heterocycles. The summed E-state index contributed by atoms with van der Waals surface area (Å²) in [6.07, 6.45) is 1.80. The van der Waals surface area contributed by atoms with Crippen molar-refractivity contribution in [3.05, 3.63) is 76.2 Å². The van der Waals surface area contributed by atoms with E-state index < -0.39 is 11.5 Å². The van der Waals surface area contributed by atoms with Crippen molar-refractivity contribution in [3.63, 3.8) is 0 Å². The van der Waals surface area contributed by atoms with Gasteiger partial charge in [-0.05, 0) is 52.1 Å². The average molecular weight is 375 g/mol. The van der Waals surface area contributed by atoms with Crippen LogP contribution in [-0.4, -0.2) is 21.1 Å². The highest BCUT2D eigenvalue weighted by molar-refractivity contribution is 6.07. The molecular weight excluding hydrogens is 354 g/mol. The van der Waals surface area contributed by atoms with E-state index in [9.17, 15) is 14.8 Å². The molecular formula is C22H21N3O3. The number of pyridine rings is 1. The van der Waals surface area contributed by atoms with Gasteiger partial charge >= 0.3 is 0 Å². The smallest absolute Gasteiger partial charge is 0.287 e. The van der Waals surface area contributed by atoms with Gasteiger partial charge in [0.1, 0.15) is 5.56 Å². The lowest BCUT2D eigenvalue weighted by molar-refractivity contribution is 0.0852. The molecule has 2 heterocycles. The Hall–Kier alpha value is -3.38. The molecule has 0 atom stereocenters. The lowest BCUT2D eigenvalue weighted by Crippen LogP contribution is -2.33. The number of aromatic amines is 2. The molecule has 0 fully saturated rings. The highest BCUT2D eigenvalue weighted by Gasteiger charge is 2.27. The van der Waals surface area contributed by atoms with E-state index >= 15 is 0 Å². The second-order valence-corrected chi connectivity index (χ2v) is 7.90. The third kappa shape index (κ3) is 2.97. The molecule has 0 aliphatic rings. The van der Waals surface area contributed by atoms with Crippen molar-refractivity contribution in [2.75, 3.05) is 5.06 Å². The van der Waals surface area contributed by atoms with Crippen LogP contribution < -0.4 is 10.6 Å². The quantitative estimate of drug-likeness (QED) is 0.360. The first-order valence-electron chi connectivity index (χ1n) is 9.03. The fraction of sp³-hybridized carbons (Fsp3) is 0.182. The molecule has 6 heteroatoms. The number of fused-ring (bicyclic) bond motifs is 2. The zero-order valence-electron chi connectivity index (χ0n) is 15.9. The lowest BCUT2D eigenvalue weighted by Gasteiger charge is -2.26. The van der Waals surface area contributed by atoms with Crippen molar-refractivity contribution >= 4 is 33.4 Å². The summed E-state index contributed by atoms with van der Waals surface area (Å²) in [4.78, 5) is 31.2. The second-order valence-electron chi connectivity index (χ2n) is 7.90. The summed E-state index contributed by atoms with van der Waals surface area (Å²) in [6, 6.07) is 14.3. The molecule has 0 radical (unpaired) electrons. The standard InChI is InChI=1S/C22H21N3O3/c1-22(2,3)16-11-14-8-9-23-18(14)12-19(16)25(28)21(27)15-10-13-6-4-5-7-17(13)24-20(15)26/h4-12,23,28H,1-3H3,(H,24,26). The number of para-hydroxylation sites is 1. The number of carbonyl (C=O) groups is 1. The molecule has 28 heavy (non-hydrogen) atoms. The van der Waals surface area contributed by atoms with E-state index in [1.54, 1.807) is 30.5 Å². The first kappa shape index (κ1) is 18.0. The first-order valence-corrected chi connectivity index (χ1v) is 9.03. The molecule has 0 unspecified atom stereocenters. The van der Waals surface area contributed by atoms with E-state index in [1.165, 1.54) is 6.07 Å². The number of carbonyl (C=O) groups excluding carboxylic acids is 1. The van der Waals surface area contributed by atoms with Crippen molar-refractivity contribution in [1.29, 1.82) is 0 Å². The number of aromatic nitrogens is 2. The molecule has 0 bridgehead atoms. The predicted octanol–water partition coefficient (Wildman–Crippen LogP) is 4.34. The number of rotatable bonds is 2. The Balaban J connectivity index is 1.85. The Bertz CT molecular complexity index is 1260. The van der Waals surface area contributed by atoms with Gasteiger partial charge in [0.15, 0.2) is 0 Å². The lowest BCUT2D eigenvalue weighted by atomic mass is 9.85. The minimum atomic E-state index is -0.775. The monoisotopic (exact) mass is 375 g/mol. The molecule has 6 nitrogen and oxygen atoms in total. The molecule has 3 N–H and O–H groups in total. The number of H-pyrrole nitrogens is 2. The summed E-state index contributed by atoms with van der Waals surface area (Å²) in [6.45, 7) is 6.02. The Morgan fingerprint density at radius 2 is 1.71 bits per heavy atom.